The highest BCUT2D eigenvalue weighted by Gasteiger charge is 2.29. The molecular formula is C14H29PS2. The minimum atomic E-state index is -1.09. The predicted octanol–water partition coefficient (Wildman–Crippen LogP) is 6.05. The highest BCUT2D eigenvalue weighted by Crippen LogP contribution is 2.66. The molecule has 0 amide bonds. The molecule has 0 aromatic heterocycles. The molecule has 0 aliphatic heterocycles. The second-order valence-electron chi connectivity index (χ2n) is 5.28. The summed E-state index contributed by atoms with van der Waals surface area (Å²) in [4.78, 5) is 0. The van der Waals surface area contributed by atoms with Crippen LogP contribution >= 0.6 is 16.6 Å². The molecule has 1 saturated carbocycles. The van der Waals surface area contributed by atoms with Crippen LogP contribution in [0.2, 0.25) is 0 Å². The van der Waals surface area contributed by atoms with E-state index in [0.717, 1.165) is 5.66 Å². The molecule has 17 heavy (non-hydrogen) atoms. The van der Waals surface area contributed by atoms with Gasteiger partial charge in [-0.25, -0.2) is 0 Å². The second kappa shape index (κ2) is 8.99. The second-order valence-corrected chi connectivity index (χ2v) is 14.0. The number of hydrogen-bond acceptors (Lipinski definition) is 2. The maximum Gasteiger partial charge on any atom is 0.00946 e. The fraction of sp³-hybridized carbons (Fsp3) is 1.00. The normalized spacial score (nSPS) is 21.3. The van der Waals surface area contributed by atoms with Gasteiger partial charge in [0.2, 0.25) is 0 Å². The highest BCUT2D eigenvalue weighted by molar-refractivity contribution is 8.71. The van der Waals surface area contributed by atoms with Gasteiger partial charge in [0, 0.05) is 5.24 Å². The monoisotopic (exact) mass is 292 g/mol. The Kier molecular flexibility index (Phi) is 8.49. The average Bonchev–Trinajstić information content (AvgIpc) is 2.38. The van der Waals surface area contributed by atoms with Gasteiger partial charge in [-0.1, -0.05) is 57.8 Å². The summed E-state index contributed by atoms with van der Waals surface area (Å²) >= 11 is 8.40. The molecule has 0 radical (unpaired) electrons. The van der Waals surface area contributed by atoms with E-state index in [1.54, 1.807) is 0 Å². The van der Waals surface area contributed by atoms with Crippen LogP contribution in [0.3, 0.4) is 0 Å². The van der Waals surface area contributed by atoms with E-state index in [4.69, 9.17) is 11.8 Å². The summed E-state index contributed by atoms with van der Waals surface area (Å²) in [7, 11) is 0. The van der Waals surface area contributed by atoms with E-state index in [0.29, 0.717) is 0 Å². The Hall–Kier alpha value is 1.00. The maximum absolute atomic E-state index is 6.17. The maximum atomic E-state index is 6.17. The van der Waals surface area contributed by atoms with Crippen LogP contribution in [0.25, 0.3) is 0 Å². The van der Waals surface area contributed by atoms with E-state index in [2.05, 4.69) is 25.2 Å². The first-order chi connectivity index (χ1) is 8.23. The van der Waals surface area contributed by atoms with Crippen molar-refractivity contribution in [1.82, 2.24) is 0 Å². The Morgan fingerprint density at radius 2 is 1.71 bits per heavy atom. The van der Waals surface area contributed by atoms with Crippen molar-refractivity contribution in [3.63, 3.8) is 0 Å². The number of hydrogen-bond donors (Lipinski definition) is 0. The van der Waals surface area contributed by atoms with Crippen molar-refractivity contribution < 1.29 is 0 Å². The van der Waals surface area contributed by atoms with E-state index in [1.165, 1.54) is 69.7 Å². The molecular weight excluding hydrogens is 263 g/mol. The fourth-order valence-electron chi connectivity index (χ4n) is 2.57. The molecule has 0 spiro atoms. The largest absolute Gasteiger partial charge is 0.124 e. The van der Waals surface area contributed by atoms with Crippen LogP contribution in [0.4, 0.5) is 0 Å². The standard InChI is InChI=1S/C14H29PS2/c1-3-5-12-15(16,17-13-6-4-2)14-10-8-7-9-11-14/h14H,3-13H2,1-2H3. The lowest BCUT2D eigenvalue weighted by molar-refractivity contribution is 0.512. The number of rotatable bonds is 8. The zero-order chi connectivity index (χ0) is 12.6. The van der Waals surface area contributed by atoms with Crippen LogP contribution < -0.4 is 0 Å². The molecule has 0 heterocycles. The third kappa shape index (κ3) is 5.66. The van der Waals surface area contributed by atoms with Gasteiger partial charge in [-0.15, -0.1) is 11.4 Å². The van der Waals surface area contributed by atoms with Crippen molar-refractivity contribution in [2.45, 2.75) is 77.3 Å². The Morgan fingerprint density at radius 1 is 1.06 bits per heavy atom. The van der Waals surface area contributed by atoms with Crippen LogP contribution in [0, 0.1) is 0 Å². The summed E-state index contributed by atoms with van der Waals surface area (Å²) in [6.45, 7) is 4.59. The Labute approximate surface area is 117 Å². The molecule has 0 nitrogen and oxygen atoms in total. The third-order valence-corrected chi connectivity index (χ3v) is 12.9. The SMILES string of the molecule is CCCCSP(=S)(CCCC)C1CCCCC1. The molecule has 1 atom stereocenters. The smallest absolute Gasteiger partial charge is 0.00946 e. The average molecular weight is 292 g/mol. The molecule has 0 aromatic rings. The van der Waals surface area contributed by atoms with E-state index in [1.807, 2.05) is 0 Å². The summed E-state index contributed by atoms with van der Waals surface area (Å²) in [6.07, 6.45) is 14.0. The molecule has 3 heteroatoms. The molecule has 0 aromatic carbocycles. The van der Waals surface area contributed by atoms with Gasteiger partial charge < -0.3 is 0 Å². The van der Waals surface area contributed by atoms with Gasteiger partial charge in [0.15, 0.2) is 0 Å². The fourth-order valence-corrected chi connectivity index (χ4v) is 11.0. The van der Waals surface area contributed by atoms with Crippen LogP contribution in [-0.2, 0) is 11.8 Å². The van der Waals surface area contributed by atoms with E-state index >= 15 is 0 Å². The topological polar surface area (TPSA) is 0 Å². The van der Waals surface area contributed by atoms with Crippen molar-refractivity contribution in [3.05, 3.63) is 0 Å². The first-order valence-electron chi connectivity index (χ1n) is 7.46. The van der Waals surface area contributed by atoms with Gasteiger partial charge in [0.25, 0.3) is 0 Å². The van der Waals surface area contributed by atoms with Gasteiger partial charge in [-0.05, 0) is 43.3 Å². The zero-order valence-electron chi connectivity index (χ0n) is 11.6. The van der Waals surface area contributed by atoms with Crippen LogP contribution in [0.5, 0.6) is 0 Å². The van der Waals surface area contributed by atoms with Crippen LogP contribution in [0.1, 0.15) is 71.6 Å². The molecule has 1 rings (SSSR count). The third-order valence-electron chi connectivity index (χ3n) is 3.76. The number of unbranched alkanes of at least 4 members (excludes halogenated alkanes) is 2. The molecule has 0 saturated heterocycles. The molecule has 1 fully saturated rings. The minimum Gasteiger partial charge on any atom is -0.124 e. The Bertz CT molecular complexity index is 234. The first-order valence-corrected chi connectivity index (χ1v) is 12.1. The van der Waals surface area contributed by atoms with Gasteiger partial charge in [0.05, 0.1) is 0 Å². The van der Waals surface area contributed by atoms with Gasteiger partial charge >= 0.3 is 0 Å². The summed E-state index contributed by atoms with van der Waals surface area (Å²) < 4.78 is 0. The highest BCUT2D eigenvalue weighted by atomic mass is 32.9. The first kappa shape index (κ1) is 16.1. The molecule has 102 valence electrons. The lowest BCUT2D eigenvalue weighted by Gasteiger charge is -2.33. The minimum absolute atomic E-state index is 0.930. The summed E-state index contributed by atoms with van der Waals surface area (Å²) in [5.74, 6) is 1.33. The Balaban J connectivity index is 2.52. The van der Waals surface area contributed by atoms with Crippen LogP contribution in [0.15, 0.2) is 0 Å². The molecule has 0 bridgehead atoms. The van der Waals surface area contributed by atoms with Gasteiger partial charge in [-0.2, -0.15) is 0 Å². The van der Waals surface area contributed by atoms with E-state index in [-0.39, 0.29) is 0 Å². The van der Waals surface area contributed by atoms with E-state index < -0.39 is 5.24 Å². The van der Waals surface area contributed by atoms with E-state index in [9.17, 15) is 0 Å². The Morgan fingerprint density at radius 3 is 2.29 bits per heavy atom. The van der Waals surface area contributed by atoms with Crippen molar-refractivity contribution >= 4 is 28.4 Å². The lowest BCUT2D eigenvalue weighted by Crippen LogP contribution is -2.13. The van der Waals surface area contributed by atoms with Crippen molar-refractivity contribution in [2.75, 3.05) is 11.9 Å². The van der Waals surface area contributed by atoms with Gasteiger partial charge in [-0.3, -0.25) is 0 Å². The predicted molar refractivity (Wildman–Crippen MR) is 88.3 cm³/mol. The van der Waals surface area contributed by atoms with Gasteiger partial charge in [0.1, 0.15) is 0 Å². The molecule has 1 unspecified atom stereocenters. The summed E-state index contributed by atoms with van der Waals surface area (Å²) in [5, 5.41) is -1.09. The van der Waals surface area contributed by atoms with Crippen LogP contribution in [-0.4, -0.2) is 17.6 Å². The van der Waals surface area contributed by atoms with Crippen molar-refractivity contribution in [1.29, 1.82) is 0 Å². The summed E-state index contributed by atoms with van der Waals surface area (Å²) in [5.41, 5.74) is 0.930. The van der Waals surface area contributed by atoms with Crippen molar-refractivity contribution in [2.24, 2.45) is 0 Å². The zero-order valence-corrected chi connectivity index (χ0v) is 14.1. The lowest BCUT2D eigenvalue weighted by atomic mass is 10.0. The van der Waals surface area contributed by atoms with Crippen molar-refractivity contribution in [3.8, 4) is 0 Å². The molecule has 1 aliphatic rings. The quantitative estimate of drug-likeness (QED) is 0.395. The molecule has 0 N–H and O–H groups in total. The summed E-state index contributed by atoms with van der Waals surface area (Å²) in [6, 6.07) is 0. The molecule has 1 aliphatic carbocycles.